The topological polar surface area (TPSA) is 0 Å². The molecule has 0 bridgehead atoms. The molecule has 0 spiro atoms. The number of halogens is 1. The van der Waals surface area contributed by atoms with Crippen LogP contribution in [-0.2, 0) is 25.9 Å². The second-order valence-corrected chi connectivity index (χ2v) is 12.7. The molecule has 0 unspecified atom stereocenters. The summed E-state index contributed by atoms with van der Waals surface area (Å²) in [4.78, 5) is 0. The summed E-state index contributed by atoms with van der Waals surface area (Å²) < 4.78 is 4.99. The van der Waals surface area contributed by atoms with Crippen LogP contribution in [0.2, 0.25) is 0 Å². The molecule has 0 radical (unpaired) electrons. The normalized spacial score (nSPS) is 17.2. The zero-order chi connectivity index (χ0) is 15.7. The quantitative estimate of drug-likeness (QED) is 0.724. The van der Waals surface area contributed by atoms with Crippen LogP contribution in [0.15, 0.2) is 71.3 Å². The standard InChI is InChI=1S/2C7H9.C7H7.ClH.Zr/c2*1-6-4-3-5-7(6)2;1-7-5-3-2-4-6-7;;/h2*4H,3H2,1-2H3;2-6H,1H2;1H;/q;;;;+1/p-1. The van der Waals surface area contributed by atoms with E-state index >= 15 is 0 Å². The van der Waals surface area contributed by atoms with E-state index in [9.17, 15) is 0 Å². The second-order valence-electron chi connectivity index (χ2n) is 6.53. The summed E-state index contributed by atoms with van der Waals surface area (Å²) in [5, 5.41) is 0. The molecular formula is C21H25ClZr. The predicted octanol–water partition coefficient (Wildman–Crippen LogP) is 3.06. The van der Waals surface area contributed by atoms with E-state index in [4.69, 9.17) is 0 Å². The van der Waals surface area contributed by atoms with E-state index in [1.165, 1.54) is 33.7 Å². The molecule has 0 amide bonds. The predicted molar refractivity (Wildman–Crippen MR) is 92.3 cm³/mol. The minimum absolute atomic E-state index is 0. The summed E-state index contributed by atoms with van der Waals surface area (Å²) in [6, 6.07) is 11.1. The van der Waals surface area contributed by atoms with Gasteiger partial charge in [0.2, 0.25) is 0 Å². The van der Waals surface area contributed by atoms with Gasteiger partial charge in [-0.3, -0.25) is 0 Å². The molecule has 0 N–H and O–H groups in total. The first kappa shape index (κ1) is 18.7. The Morgan fingerprint density at radius 1 is 0.783 bits per heavy atom. The van der Waals surface area contributed by atoms with Gasteiger partial charge in [0.25, 0.3) is 0 Å². The van der Waals surface area contributed by atoms with Crippen LogP contribution in [0.25, 0.3) is 0 Å². The van der Waals surface area contributed by atoms with Gasteiger partial charge in [0.1, 0.15) is 0 Å². The Hall–Kier alpha value is -0.647. The number of hydrogen-bond donors (Lipinski definition) is 0. The van der Waals surface area contributed by atoms with Crippen molar-refractivity contribution >= 4 is 0 Å². The minimum Gasteiger partial charge on any atom is -1.00 e. The van der Waals surface area contributed by atoms with E-state index in [1.807, 2.05) is 6.56 Å². The van der Waals surface area contributed by atoms with Gasteiger partial charge in [-0.1, -0.05) is 0 Å². The van der Waals surface area contributed by atoms with Crippen LogP contribution in [0.3, 0.4) is 0 Å². The van der Waals surface area contributed by atoms with Gasteiger partial charge < -0.3 is 12.4 Å². The first-order valence-corrected chi connectivity index (χ1v) is 12.4. The third-order valence-corrected chi connectivity index (χ3v) is 13.6. The maximum Gasteiger partial charge on any atom is -1.00 e. The number of hydrogen-bond acceptors (Lipinski definition) is 0. The van der Waals surface area contributed by atoms with E-state index in [0.717, 1.165) is 0 Å². The molecule has 3 rings (SSSR count). The molecular weight excluding hydrogens is 379 g/mol. The van der Waals surface area contributed by atoms with Gasteiger partial charge in [0.15, 0.2) is 0 Å². The molecule has 2 heteroatoms. The van der Waals surface area contributed by atoms with Crippen LogP contribution in [0.5, 0.6) is 0 Å². The Morgan fingerprint density at radius 3 is 1.65 bits per heavy atom. The van der Waals surface area contributed by atoms with Crippen molar-refractivity contribution in [2.45, 2.75) is 44.7 Å². The zero-order valence-electron chi connectivity index (χ0n) is 14.5. The van der Waals surface area contributed by atoms with E-state index in [2.05, 4.69) is 70.2 Å². The van der Waals surface area contributed by atoms with Crippen molar-refractivity contribution in [3.8, 4) is 0 Å². The number of rotatable bonds is 4. The van der Waals surface area contributed by atoms with Crippen molar-refractivity contribution in [3.05, 3.63) is 76.9 Å². The molecule has 2 aliphatic carbocycles. The van der Waals surface area contributed by atoms with Crippen molar-refractivity contribution in [1.29, 1.82) is 0 Å². The maximum atomic E-state index is 2.45. The summed E-state index contributed by atoms with van der Waals surface area (Å²) in [7, 11) is 0. The summed E-state index contributed by atoms with van der Waals surface area (Å²) in [6.45, 7) is 9.27. The third kappa shape index (κ3) is 3.89. The molecule has 0 aromatic heterocycles. The van der Waals surface area contributed by atoms with E-state index in [0.29, 0.717) is 0 Å². The van der Waals surface area contributed by atoms with Crippen LogP contribution in [0.4, 0.5) is 0 Å². The van der Waals surface area contributed by atoms with Gasteiger partial charge in [0, 0.05) is 0 Å². The molecule has 1 aromatic rings. The molecule has 0 heterocycles. The molecule has 120 valence electrons. The summed E-state index contributed by atoms with van der Waals surface area (Å²) >= 11 is -1.79. The SMILES string of the molecule is CC1=CC[C]([Zr+]([CH2]c2ccccc2)[C]2=C(C)C(C)=CC2)=C1C.[Cl-]. The third-order valence-electron chi connectivity index (χ3n) is 5.27. The first-order valence-electron chi connectivity index (χ1n) is 8.22. The smallest absolute Gasteiger partial charge is 1.00 e. The van der Waals surface area contributed by atoms with E-state index < -0.39 is 21.8 Å². The van der Waals surface area contributed by atoms with Crippen molar-refractivity contribution in [2.75, 3.05) is 0 Å². The van der Waals surface area contributed by atoms with Crippen LogP contribution < -0.4 is 12.4 Å². The Bertz CT molecular complexity index is 663. The average molecular weight is 404 g/mol. The fourth-order valence-electron chi connectivity index (χ4n) is 3.49. The van der Waals surface area contributed by atoms with Gasteiger partial charge in [-0.25, -0.2) is 0 Å². The fourth-order valence-corrected chi connectivity index (χ4v) is 11.9. The number of benzene rings is 1. The fraction of sp³-hybridized carbons (Fsp3) is 0.333. The van der Waals surface area contributed by atoms with Crippen molar-refractivity contribution in [2.24, 2.45) is 0 Å². The zero-order valence-corrected chi connectivity index (χ0v) is 17.8. The monoisotopic (exact) mass is 402 g/mol. The van der Waals surface area contributed by atoms with Crippen molar-refractivity contribution in [3.63, 3.8) is 0 Å². The second kappa shape index (κ2) is 7.95. The summed E-state index contributed by atoms with van der Waals surface area (Å²) in [6.07, 6.45) is 7.33. The van der Waals surface area contributed by atoms with E-state index in [1.54, 1.807) is 11.1 Å². The van der Waals surface area contributed by atoms with Gasteiger partial charge in [-0.05, 0) is 0 Å². The minimum atomic E-state index is -1.79. The van der Waals surface area contributed by atoms with Gasteiger partial charge >= 0.3 is 143 Å². The van der Waals surface area contributed by atoms with Gasteiger partial charge in [-0.15, -0.1) is 0 Å². The van der Waals surface area contributed by atoms with Gasteiger partial charge in [-0.2, -0.15) is 0 Å². The van der Waals surface area contributed by atoms with Crippen LogP contribution in [0, 0.1) is 0 Å². The molecule has 2 aliphatic rings. The molecule has 0 fully saturated rings. The van der Waals surface area contributed by atoms with Crippen molar-refractivity contribution < 1.29 is 34.2 Å². The van der Waals surface area contributed by atoms with Crippen LogP contribution in [-0.4, -0.2) is 0 Å². The molecule has 1 aromatic carbocycles. The largest absolute Gasteiger partial charge is 1.00 e. The summed E-state index contributed by atoms with van der Waals surface area (Å²) in [5.74, 6) is 0. The van der Waals surface area contributed by atoms with Crippen LogP contribution >= 0.6 is 0 Å². The molecule has 0 aliphatic heterocycles. The van der Waals surface area contributed by atoms with E-state index in [-0.39, 0.29) is 12.4 Å². The Balaban J connectivity index is 0.00000192. The Morgan fingerprint density at radius 2 is 1.26 bits per heavy atom. The first-order chi connectivity index (χ1) is 10.6. The molecule has 0 saturated heterocycles. The molecule has 0 saturated carbocycles. The molecule has 23 heavy (non-hydrogen) atoms. The summed E-state index contributed by atoms with van der Waals surface area (Å²) in [5.41, 5.74) is 7.78. The molecule has 0 atom stereocenters. The Labute approximate surface area is 155 Å². The maximum absolute atomic E-state index is 2.45. The Kier molecular flexibility index (Phi) is 6.46. The number of allylic oxidation sites excluding steroid dienone is 8. The van der Waals surface area contributed by atoms with Gasteiger partial charge in [0.05, 0.1) is 0 Å². The van der Waals surface area contributed by atoms with Crippen molar-refractivity contribution in [1.82, 2.24) is 0 Å². The molecule has 0 nitrogen and oxygen atoms in total. The van der Waals surface area contributed by atoms with Crippen LogP contribution in [0.1, 0.15) is 46.1 Å². The average Bonchev–Trinajstić information content (AvgIpc) is 3.03.